The Balaban J connectivity index is 0.000000203. The molecule has 500 valence electrons. The molecule has 26 heteroatoms. The van der Waals surface area contributed by atoms with E-state index in [-0.39, 0.29) is 75.5 Å². The normalized spacial score (nSPS) is 23.6. The molecule has 11 N–H and O–H groups in total. The van der Waals surface area contributed by atoms with Gasteiger partial charge in [0.2, 0.25) is 0 Å². The number of amides is 1. The number of aliphatic hydroxyl groups excluding tert-OH is 5. The van der Waals surface area contributed by atoms with Gasteiger partial charge in [-0.2, -0.15) is 0 Å². The largest absolute Gasteiger partial charge is 0.477 e. The van der Waals surface area contributed by atoms with Crippen molar-refractivity contribution in [3.8, 4) is 0 Å². The maximum atomic E-state index is 12.5. The van der Waals surface area contributed by atoms with Gasteiger partial charge >= 0.3 is 29.6 Å². The standard InChI is InChI=1S/C16H24N2O4.C13H17NO4.C12H15NO4.C11H16N2O2.C7H6O4.C6H13NO/c1-16(2,3)22-15(21)17-11-7-6-10-18(14(11)20)12-8-4-5-9-13(12)19;1-18-13(17)9-5-4-8-14(12(9)16)10-6-2-3-7-11(10)15;14-10-6-2-1-5-9(10)13-7-3-4-8(11(13)15)12(16)17;12-8-4-3-7-13(11(8)15)9-5-1-2-6-10(9)14;1-10-6(8)5-3-2-4-11-7(5)9;7-5-3-1-2-4-6(5)8/h6-7,10,12-13,19H,4-5,8-9H2,1-3H3,(H,17,21);4-5,8,10-11,15H,2-3,6-7H2,1H3;3-4,7,9-10,14H,1-2,5-6H2,(H,16,17);3-4,7,9-10,14H,1-2,5-6,12H2;2-4H,1H3;5-6,8H,1-4,7H2/t12-,13+;10-,11+;2*9-,10+;;5-,6+/m1111.1/s1. The summed E-state index contributed by atoms with van der Waals surface area (Å²) < 4.78 is 24.4. The van der Waals surface area contributed by atoms with Crippen molar-refractivity contribution in [1.29, 1.82) is 0 Å². The molecule has 5 fully saturated rings. The fourth-order valence-corrected chi connectivity index (χ4v) is 11.5. The number of hydrogen-bond acceptors (Lipinski definition) is 20. The van der Waals surface area contributed by atoms with Crippen LogP contribution in [0, 0.1) is 0 Å². The lowest BCUT2D eigenvalue weighted by atomic mass is 9.92. The predicted octanol–water partition coefficient (Wildman–Crippen LogP) is 6.39. The summed E-state index contributed by atoms with van der Waals surface area (Å²) in [5, 5.41) is 60.2. The van der Waals surface area contributed by atoms with Crippen LogP contribution in [0.25, 0.3) is 0 Å². The van der Waals surface area contributed by atoms with Gasteiger partial charge in [0, 0.05) is 30.8 Å². The number of ether oxygens (including phenoxy) is 3. The fourth-order valence-electron chi connectivity index (χ4n) is 11.5. The second kappa shape index (κ2) is 36.1. The van der Waals surface area contributed by atoms with Gasteiger partial charge in [-0.3, -0.25) is 24.5 Å². The summed E-state index contributed by atoms with van der Waals surface area (Å²) >= 11 is 0. The van der Waals surface area contributed by atoms with Crippen molar-refractivity contribution in [2.24, 2.45) is 5.73 Å². The Morgan fingerprint density at radius 2 is 0.857 bits per heavy atom. The first-order chi connectivity index (χ1) is 43.3. The van der Waals surface area contributed by atoms with Crippen molar-refractivity contribution in [2.45, 2.75) is 216 Å². The summed E-state index contributed by atoms with van der Waals surface area (Å²) in [6.07, 6.45) is 22.9. The molecule has 91 heavy (non-hydrogen) atoms. The number of nitrogens with zero attached hydrogens (tertiary/aromatic N) is 4. The van der Waals surface area contributed by atoms with E-state index in [4.69, 9.17) is 26.4 Å². The minimum absolute atomic E-state index is 0.0118. The molecule has 0 aliphatic heterocycles. The molecule has 10 rings (SSSR count). The van der Waals surface area contributed by atoms with Crippen LogP contribution in [0.2, 0.25) is 0 Å². The van der Waals surface area contributed by atoms with Crippen molar-refractivity contribution in [3.63, 3.8) is 0 Å². The number of carbonyl (C=O) groups is 4. The van der Waals surface area contributed by atoms with Gasteiger partial charge in [-0.15, -0.1) is 0 Å². The quantitative estimate of drug-likeness (QED) is 0.0600. The van der Waals surface area contributed by atoms with Crippen molar-refractivity contribution in [1.82, 2.24) is 18.3 Å². The second-order valence-corrected chi connectivity index (χ2v) is 24.0. The van der Waals surface area contributed by atoms with Crippen molar-refractivity contribution < 1.29 is 68.4 Å². The first kappa shape index (κ1) is 73.7. The molecule has 0 aromatic carbocycles. The Labute approximate surface area is 527 Å². The summed E-state index contributed by atoms with van der Waals surface area (Å²) in [6.45, 7) is 5.27. The molecular formula is C65H91N7O19. The van der Waals surface area contributed by atoms with Gasteiger partial charge in [0.15, 0.2) is 0 Å². The number of carboxylic acids is 1. The maximum absolute atomic E-state index is 12.5. The van der Waals surface area contributed by atoms with Crippen LogP contribution in [0.4, 0.5) is 16.2 Å². The van der Waals surface area contributed by atoms with Crippen LogP contribution in [0.5, 0.6) is 0 Å². The second-order valence-electron chi connectivity index (χ2n) is 24.0. The van der Waals surface area contributed by atoms with E-state index < -0.39 is 70.8 Å². The van der Waals surface area contributed by atoms with Crippen LogP contribution in [-0.4, -0.2) is 129 Å². The number of aromatic nitrogens is 4. The lowest BCUT2D eigenvalue weighted by Crippen LogP contribution is -2.37. The van der Waals surface area contributed by atoms with Gasteiger partial charge in [0.1, 0.15) is 28.0 Å². The predicted molar refractivity (Wildman–Crippen MR) is 338 cm³/mol. The minimum Gasteiger partial charge on any atom is -0.477 e. The molecule has 5 aromatic rings. The highest BCUT2D eigenvalue weighted by Crippen LogP contribution is 2.31. The number of rotatable bonds is 8. The summed E-state index contributed by atoms with van der Waals surface area (Å²) in [5.74, 6) is -2.55. The van der Waals surface area contributed by atoms with E-state index in [2.05, 4.69) is 19.2 Å². The van der Waals surface area contributed by atoms with Crippen LogP contribution < -0.4 is 44.6 Å². The zero-order valence-electron chi connectivity index (χ0n) is 52.5. The molecule has 0 bridgehead atoms. The maximum Gasteiger partial charge on any atom is 0.412 e. The third-order valence-electron chi connectivity index (χ3n) is 16.3. The van der Waals surface area contributed by atoms with Crippen molar-refractivity contribution >= 4 is 35.4 Å². The highest BCUT2D eigenvalue weighted by atomic mass is 16.6. The first-order valence-electron chi connectivity index (χ1n) is 31.0. The number of nitrogen functional groups attached to an aromatic ring is 1. The number of methoxy groups -OCH3 is 2. The number of nitrogens with two attached hydrogens (primary N) is 2. The van der Waals surface area contributed by atoms with Gasteiger partial charge in [-0.1, -0.05) is 64.2 Å². The minimum atomic E-state index is -1.23. The van der Waals surface area contributed by atoms with E-state index in [9.17, 15) is 63.6 Å². The molecular weight excluding hydrogens is 1180 g/mol. The van der Waals surface area contributed by atoms with E-state index in [0.717, 1.165) is 96.3 Å². The van der Waals surface area contributed by atoms with Crippen LogP contribution in [0.15, 0.2) is 120 Å². The smallest absolute Gasteiger partial charge is 0.412 e. The number of aliphatic hydroxyl groups is 5. The highest BCUT2D eigenvalue weighted by molar-refractivity contribution is 5.89. The van der Waals surface area contributed by atoms with Gasteiger partial charge in [0.25, 0.3) is 22.2 Å². The molecule has 26 nitrogen and oxygen atoms in total. The molecule has 5 heterocycles. The molecule has 5 aliphatic carbocycles. The summed E-state index contributed by atoms with van der Waals surface area (Å²) in [6, 6.07) is 14.5. The van der Waals surface area contributed by atoms with Gasteiger partial charge < -0.3 is 79.0 Å². The van der Waals surface area contributed by atoms with E-state index in [0.29, 0.717) is 25.7 Å². The number of carboxylic acid groups (broad SMARTS) is 1. The van der Waals surface area contributed by atoms with Crippen LogP contribution in [0.3, 0.4) is 0 Å². The van der Waals surface area contributed by atoms with Crippen LogP contribution >= 0.6 is 0 Å². The Morgan fingerprint density at radius 1 is 0.495 bits per heavy atom. The summed E-state index contributed by atoms with van der Waals surface area (Å²) in [4.78, 5) is 104. The Hall–Kier alpha value is -8.01. The van der Waals surface area contributed by atoms with Crippen molar-refractivity contribution in [2.75, 3.05) is 25.3 Å². The SMILES string of the molecule is CC(C)(C)OC(=O)Nc1cccn([C@@H]2CCCC[C@@H]2O)c1=O.COC(=O)c1cccn([C@@H]2CCCC[C@@H]2O)c1=O.COC(=O)c1cccoc1=O.N[C@@H]1CCCC[C@@H]1O.Nc1cccn([C@@H]2CCCC[C@@H]2O)c1=O.O=C(O)c1cccn([C@@H]2CCCC[C@@H]2O)c1=O. The van der Waals surface area contributed by atoms with Crippen molar-refractivity contribution in [3.05, 3.63) is 160 Å². The van der Waals surface area contributed by atoms with Gasteiger partial charge in [0.05, 0.1) is 80.9 Å². The zero-order valence-corrected chi connectivity index (χ0v) is 52.5. The van der Waals surface area contributed by atoms with E-state index in [1.54, 1.807) is 74.4 Å². The lowest BCUT2D eigenvalue weighted by Gasteiger charge is -2.29. The third kappa shape index (κ3) is 21.8. The molecule has 5 saturated carbocycles. The lowest BCUT2D eigenvalue weighted by molar-refractivity contribution is 0.0582. The molecule has 0 saturated heterocycles. The number of hydrogen-bond donors (Lipinski definition) is 9. The van der Waals surface area contributed by atoms with Crippen LogP contribution in [-0.2, 0) is 14.2 Å². The Kier molecular flexibility index (Phi) is 29.3. The van der Waals surface area contributed by atoms with E-state index in [1.807, 2.05) is 0 Å². The highest BCUT2D eigenvalue weighted by Gasteiger charge is 2.30. The number of nitrogens with one attached hydrogen (secondary N) is 1. The number of esters is 2. The van der Waals surface area contributed by atoms with E-state index >= 15 is 0 Å². The molecule has 10 atom stereocenters. The molecule has 5 aromatic heterocycles. The summed E-state index contributed by atoms with van der Waals surface area (Å²) in [7, 11) is 2.45. The zero-order chi connectivity index (χ0) is 67.0. The molecule has 5 aliphatic rings. The number of pyridine rings is 4. The van der Waals surface area contributed by atoms with Crippen LogP contribution in [0.1, 0.15) is 204 Å². The first-order valence-corrected chi connectivity index (χ1v) is 31.0. The van der Waals surface area contributed by atoms with Gasteiger partial charge in [-0.05, 0) is 146 Å². The third-order valence-corrected chi connectivity index (χ3v) is 16.3. The Morgan fingerprint density at radius 3 is 1.25 bits per heavy atom. The van der Waals surface area contributed by atoms with Gasteiger partial charge in [-0.25, -0.2) is 24.0 Å². The number of carbonyl (C=O) groups excluding carboxylic acids is 3. The fraction of sp³-hybridized carbons (Fsp3) is 0.554. The molecule has 1 amide bonds. The topological polar surface area (TPSA) is 400 Å². The van der Waals surface area contributed by atoms with E-state index in [1.165, 1.54) is 77.0 Å². The number of anilines is 2. The Bertz CT molecular complexity index is 3450. The molecule has 0 spiro atoms. The number of aromatic carboxylic acids is 1. The average Bonchev–Trinajstić information content (AvgIpc) is 1.37. The molecule has 0 radical (unpaired) electrons. The summed E-state index contributed by atoms with van der Waals surface area (Å²) in [5.41, 5.74) is 8.42. The average molecular weight is 1270 g/mol. The molecule has 0 unspecified atom stereocenters. The monoisotopic (exact) mass is 1270 g/mol.